The van der Waals surface area contributed by atoms with Gasteiger partial charge in [-0.2, -0.15) is 0 Å². The van der Waals surface area contributed by atoms with E-state index in [9.17, 15) is 19.2 Å². The molecule has 6 heteroatoms. The number of ether oxygens (including phenoxy) is 2. The first-order valence-corrected chi connectivity index (χ1v) is 11.9. The monoisotopic (exact) mass is 426 g/mol. The molecule has 0 atom stereocenters. The van der Waals surface area contributed by atoms with Gasteiger partial charge in [0.2, 0.25) is 0 Å². The van der Waals surface area contributed by atoms with E-state index in [0.717, 1.165) is 38.5 Å². The number of carbonyl (C=O) groups is 4. The summed E-state index contributed by atoms with van der Waals surface area (Å²) in [6, 6.07) is 0. The van der Waals surface area contributed by atoms with Crippen molar-refractivity contribution in [2.75, 3.05) is 13.2 Å². The molecule has 0 radical (unpaired) electrons. The molecule has 0 aliphatic carbocycles. The summed E-state index contributed by atoms with van der Waals surface area (Å²) in [5.41, 5.74) is 0. The van der Waals surface area contributed by atoms with E-state index >= 15 is 0 Å². The minimum atomic E-state index is -1.11. The molecule has 0 aliphatic rings. The smallest absolute Gasteiger partial charge is 0.417 e. The summed E-state index contributed by atoms with van der Waals surface area (Å²) in [7, 11) is 0. The van der Waals surface area contributed by atoms with Crippen LogP contribution in [0.15, 0.2) is 0 Å². The summed E-state index contributed by atoms with van der Waals surface area (Å²) in [5.74, 6) is -2.14. The zero-order chi connectivity index (χ0) is 22.5. The molecule has 30 heavy (non-hydrogen) atoms. The number of Topliss-reactive ketones (excluding diaryl/α,β-unsaturated/α-hetero) is 2. The summed E-state index contributed by atoms with van der Waals surface area (Å²) in [6.45, 7) is 4.11. The first-order chi connectivity index (χ1) is 14.5. The molecule has 0 amide bonds. The molecular weight excluding hydrogens is 384 g/mol. The van der Waals surface area contributed by atoms with Gasteiger partial charge >= 0.3 is 11.9 Å². The number of carbonyl (C=O) groups excluding carboxylic acids is 4. The molecule has 0 bridgehead atoms. The number of esters is 2. The molecule has 0 aliphatic heterocycles. The van der Waals surface area contributed by atoms with E-state index in [0.29, 0.717) is 12.8 Å². The van der Waals surface area contributed by atoms with Crippen LogP contribution in [-0.4, -0.2) is 36.7 Å². The fourth-order valence-corrected chi connectivity index (χ4v) is 3.09. The maximum absolute atomic E-state index is 11.7. The summed E-state index contributed by atoms with van der Waals surface area (Å²) < 4.78 is 9.57. The molecule has 0 saturated heterocycles. The lowest BCUT2D eigenvalue weighted by Crippen LogP contribution is -2.22. The molecule has 0 N–H and O–H groups in total. The third-order valence-corrected chi connectivity index (χ3v) is 5.01. The average Bonchev–Trinajstić information content (AvgIpc) is 2.72. The van der Waals surface area contributed by atoms with E-state index in [1.54, 1.807) is 0 Å². The van der Waals surface area contributed by atoms with Crippen LogP contribution < -0.4 is 0 Å². The Balaban J connectivity index is 3.64. The van der Waals surface area contributed by atoms with Gasteiger partial charge in [0.1, 0.15) is 11.6 Å². The van der Waals surface area contributed by atoms with Crippen LogP contribution in [0.3, 0.4) is 0 Å². The summed E-state index contributed by atoms with van der Waals surface area (Å²) in [4.78, 5) is 46.6. The van der Waals surface area contributed by atoms with Crippen molar-refractivity contribution in [2.45, 2.75) is 117 Å². The van der Waals surface area contributed by atoms with E-state index in [2.05, 4.69) is 13.8 Å². The molecule has 0 unspecified atom stereocenters. The Kier molecular flexibility index (Phi) is 19.4. The van der Waals surface area contributed by atoms with E-state index in [4.69, 9.17) is 9.47 Å². The molecule has 0 spiro atoms. The van der Waals surface area contributed by atoms with E-state index < -0.39 is 11.9 Å². The third kappa shape index (κ3) is 18.3. The maximum atomic E-state index is 11.7. The molecule has 0 rings (SSSR count). The number of rotatable bonds is 20. The quantitative estimate of drug-likeness (QED) is 0.145. The number of hydrogen-bond acceptors (Lipinski definition) is 6. The molecular formula is C24H42O6. The average molecular weight is 427 g/mol. The normalized spacial score (nSPS) is 10.6. The topological polar surface area (TPSA) is 86.7 Å². The van der Waals surface area contributed by atoms with Crippen LogP contribution in [0.25, 0.3) is 0 Å². The molecule has 0 heterocycles. The van der Waals surface area contributed by atoms with Crippen LogP contribution in [0.1, 0.15) is 117 Å². The summed E-state index contributed by atoms with van der Waals surface area (Å²) >= 11 is 0. The standard InChI is InChI=1S/C24H42O6/c1-3-5-7-9-11-13-15-21(25)17-19-29-23(27)24(28)30-20-18-22(26)16-14-12-10-8-6-4-2/h3-20H2,1-2H3. The second-order valence-electron chi connectivity index (χ2n) is 7.88. The Morgan fingerprint density at radius 2 is 0.800 bits per heavy atom. The first kappa shape index (κ1) is 28.3. The number of hydrogen-bond donors (Lipinski definition) is 0. The summed E-state index contributed by atoms with van der Waals surface area (Å²) in [5, 5.41) is 0. The zero-order valence-electron chi connectivity index (χ0n) is 19.2. The highest BCUT2D eigenvalue weighted by Gasteiger charge is 2.18. The largest absolute Gasteiger partial charge is 0.457 e. The van der Waals surface area contributed by atoms with Gasteiger partial charge in [0.05, 0.1) is 13.2 Å². The van der Waals surface area contributed by atoms with E-state index in [1.807, 2.05) is 0 Å². The Hall–Kier alpha value is -1.72. The van der Waals surface area contributed by atoms with Crippen molar-refractivity contribution < 1.29 is 28.7 Å². The van der Waals surface area contributed by atoms with Gasteiger partial charge in [-0.3, -0.25) is 9.59 Å². The van der Waals surface area contributed by atoms with Gasteiger partial charge in [-0.1, -0.05) is 78.1 Å². The van der Waals surface area contributed by atoms with Crippen molar-refractivity contribution in [3.05, 3.63) is 0 Å². The van der Waals surface area contributed by atoms with Crippen molar-refractivity contribution in [3.63, 3.8) is 0 Å². The lowest BCUT2D eigenvalue weighted by molar-refractivity contribution is -0.168. The number of ketones is 2. The predicted octanol–water partition coefficient (Wildman–Crippen LogP) is 5.49. The Labute approximate surface area is 182 Å². The highest BCUT2D eigenvalue weighted by Crippen LogP contribution is 2.09. The van der Waals surface area contributed by atoms with Gasteiger partial charge < -0.3 is 9.47 Å². The molecule has 174 valence electrons. The van der Waals surface area contributed by atoms with Crippen LogP contribution >= 0.6 is 0 Å². The van der Waals surface area contributed by atoms with Crippen LogP contribution in [0.2, 0.25) is 0 Å². The van der Waals surface area contributed by atoms with Crippen molar-refractivity contribution >= 4 is 23.5 Å². The van der Waals surface area contributed by atoms with E-state index in [1.165, 1.54) is 38.5 Å². The van der Waals surface area contributed by atoms with Crippen molar-refractivity contribution in [2.24, 2.45) is 0 Å². The van der Waals surface area contributed by atoms with Gasteiger partial charge in [-0.25, -0.2) is 9.59 Å². The predicted molar refractivity (Wildman–Crippen MR) is 117 cm³/mol. The highest BCUT2D eigenvalue weighted by molar-refractivity contribution is 6.29. The van der Waals surface area contributed by atoms with Crippen LogP contribution in [0, 0.1) is 0 Å². The van der Waals surface area contributed by atoms with Gasteiger partial charge in [-0.15, -0.1) is 0 Å². The highest BCUT2D eigenvalue weighted by atomic mass is 16.6. The Morgan fingerprint density at radius 3 is 1.17 bits per heavy atom. The second-order valence-corrected chi connectivity index (χ2v) is 7.88. The SMILES string of the molecule is CCCCCCCCC(=O)CCOC(=O)C(=O)OCCC(=O)CCCCCCCC. The fourth-order valence-electron chi connectivity index (χ4n) is 3.09. The molecule has 0 saturated carbocycles. The van der Waals surface area contributed by atoms with Crippen LogP contribution in [0.4, 0.5) is 0 Å². The molecule has 0 aromatic heterocycles. The van der Waals surface area contributed by atoms with Crippen molar-refractivity contribution in [3.8, 4) is 0 Å². The Bertz CT molecular complexity index is 442. The van der Waals surface area contributed by atoms with Crippen LogP contribution in [-0.2, 0) is 28.7 Å². The Morgan fingerprint density at radius 1 is 0.467 bits per heavy atom. The van der Waals surface area contributed by atoms with Gasteiger partial charge in [0.25, 0.3) is 0 Å². The van der Waals surface area contributed by atoms with Crippen molar-refractivity contribution in [1.82, 2.24) is 0 Å². The maximum Gasteiger partial charge on any atom is 0.417 e. The van der Waals surface area contributed by atoms with Gasteiger partial charge in [0, 0.05) is 25.7 Å². The molecule has 6 nitrogen and oxygen atoms in total. The minimum absolute atomic E-state index is 0.0342. The minimum Gasteiger partial charge on any atom is -0.457 e. The molecule has 0 fully saturated rings. The lowest BCUT2D eigenvalue weighted by atomic mass is 10.1. The van der Waals surface area contributed by atoms with E-state index in [-0.39, 0.29) is 37.6 Å². The third-order valence-electron chi connectivity index (χ3n) is 5.01. The first-order valence-electron chi connectivity index (χ1n) is 11.9. The van der Waals surface area contributed by atoms with Gasteiger partial charge in [-0.05, 0) is 12.8 Å². The molecule has 0 aromatic rings. The summed E-state index contributed by atoms with van der Waals surface area (Å²) in [6.07, 6.45) is 14.5. The fraction of sp³-hybridized carbons (Fsp3) is 0.833. The lowest BCUT2D eigenvalue weighted by Gasteiger charge is -2.06. The van der Waals surface area contributed by atoms with Gasteiger partial charge in [0.15, 0.2) is 0 Å². The van der Waals surface area contributed by atoms with Crippen molar-refractivity contribution in [1.29, 1.82) is 0 Å². The second kappa shape index (κ2) is 20.5. The number of unbranched alkanes of at least 4 members (excludes halogenated alkanes) is 10. The molecule has 0 aromatic carbocycles. The van der Waals surface area contributed by atoms with Crippen LogP contribution in [0.5, 0.6) is 0 Å². The zero-order valence-corrected chi connectivity index (χ0v) is 19.2.